The monoisotopic (exact) mass is 277 g/mol. The number of nitrogens with zero attached hydrogens (tertiary/aromatic N) is 1. The van der Waals surface area contributed by atoms with E-state index < -0.39 is 0 Å². The van der Waals surface area contributed by atoms with Gasteiger partial charge in [0.2, 0.25) is 0 Å². The van der Waals surface area contributed by atoms with Crippen molar-refractivity contribution in [2.75, 3.05) is 32.2 Å². The quantitative estimate of drug-likeness (QED) is 0.853. The highest BCUT2D eigenvalue weighted by molar-refractivity contribution is 7.98. The van der Waals surface area contributed by atoms with Crippen LogP contribution in [0.2, 0.25) is 0 Å². The number of hydrogen-bond donors (Lipinski definition) is 1. The van der Waals surface area contributed by atoms with Crippen molar-refractivity contribution in [3.05, 3.63) is 34.9 Å². The Bertz CT molecular complexity index is 503. The molecule has 0 fully saturated rings. The molecule has 1 rings (SSSR count). The zero-order valence-corrected chi connectivity index (χ0v) is 12.4. The van der Waals surface area contributed by atoms with E-state index in [9.17, 15) is 4.79 Å². The van der Waals surface area contributed by atoms with Gasteiger partial charge in [-0.05, 0) is 25.3 Å². The summed E-state index contributed by atoms with van der Waals surface area (Å²) in [5, 5.41) is 8.77. The minimum Gasteiger partial charge on any atom is -0.384 e. The van der Waals surface area contributed by atoms with Gasteiger partial charge in [-0.1, -0.05) is 23.5 Å². The van der Waals surface area contributed by atoms with Crippen molar-refractivity contribution >= 4 is 17.7 Å². The van der Waals surface area contributed by atoms with Crippen LogP contribution in [0.25, 0.3) is 0 Å². The Kier molecular flexibility index (Phi) is 6.48. The Labute approximate surface area is 119 Å². The lowest BCUT2D eigenvalue weighted by Crippen LogP contribution is -2.29. The van der Waals surface area contributed by atoms with E-state index in [-0.39, 0.29) is 12.5 Å². The lowest BCUT2D eigenvalue weighted by atomic mass is 10.0. The van der Waals surface area contributed by atoms with Crippen molar-refractivity contribution in [2.45, 2.75) is 6.92 Å². The lowest BCUT2D eigenvalue weighted by molar-refractivity contribution is 0.0803. The predicted octanol–water partition coefficient (Wildman–Crippen LogP) is 1.77. The summed E-state index contributed by atoms with van der Waals surface area (Å²) in [6.45, 7) is 2.45. The number of hydrogen-bond acceptors (Lipinski definition) is 3. The van der Waals surface area contributed by atoms with E-state index in [2.05, 4.69) is 11.8 Å². The van der Waals surface area contributed by atoms with Crippen LogP contribution >= 0.6 is 11.8 Å². The normalized spacial score (nSPS) is 9.68. The summed E-state index contributed by atoms with van der Waals surface area (Å²) in [7, 11) is 1.80. The maximum atomic E-state index is 12.4. The SMILES string of the molecule is CSCCN(C)C(=O)c1cc(C)ccc1C#CCO. The minimum absolute atomic E-state index is 0.0278. The fraction of sp³-hybridized carbons (Fsp3) is 0.400. The Morgan fingerprint density at radius 2 is 2.21 bits per heavy atom. The molecule has 0 spiro atoms. The molecule has 1 N–H and O–H groups in total. The third kappa shape index (κ3) is 4.62. The zero-order chi connectivity index (χ0) is 14.3. The molecule has 0 bridgehead atoms. The smallest absolute Gasteiger partial charge is 0.254 e. The fourth-order valence-corrected chi connectivity index (χ4v) is 2.07. The van der Waals surface area contributed by atoms with E-state index >= 15 is 0 Å². The number of rotatable bonds is 4. The van der Waals surface area contributed by atoms with Crippen LogP contribution in [0.15, 0.2) is 18.2 Å². The van der Waals surface area contributed by atoms with Crippen molar-refractivity contribution in [3.8, 4) is 11.8 Å². The fourth-order valence-electron chi connectivity index (χ4n) is 1.61. The Morgan fingerprint density at radius 1 is 1.47 bits per heavy atom. The van der Waals surface area contributed by atoms with Gasteiger partial charge in [0, 0.05) is 24.9 Å². The van der Waals surface area contributed by atoms with Gasteiger partial charge in [-0.15, -0.1) is 0 Å². The number of aliphatic hydroxyl groups excluding tert-OH is 1. The first-order valence-corrected chi connectivity index (χ1v) is 7.44. The van der Waals surface area contributed by atoms with Crippen LogP contribution in [0.5, 0.6) is 0 Å². The molecule has 4 heteroatoms. The molecule has 0 aliphatic heterocycles. The molecule has 0 aromatic heterocycles. The summed E-state index contributed by atoms with van der Waals surface area (Å²) in [5.41, 5.74) is 2.29. The average Bonchev–Trinajstić information content (AvgIpc) is 2.42. The molecule has 0 radical (unpaired) electrons. The standard InChI is InChI=1S/C15H19NO2S/c1-12-6-7-13(5-4-9-17)14(11-12)15(18)16(2)8-10-19-3/h6-7,11,17H,8-10H2,1-3H3. The molecule has 0 atom stereocenters. The van der Waals surface area contributed by atoms with Crippen LogP contribution in [0.3, 0.4) is 0 Å². The van der Waals surface area contributed by atoms with E-state index in [4.69, 9.17) is 5.11 Å². The molecule has 1 aromatic carbocycles. The van der Waals surface area contributed by atoms with Crippen LogP contribution in [-0.4, -0.2) is 48.1 Å². The van der Waals surface area contributed by atoms with Gasteiger partial charge < -0.3 is 10.0 Å². The first-order chi connectivity index (χ1) is 9.10. The molecule has 0 saturated carbocycles. The molecular weight excluding hydrogens is 258 g/mol. The molecule has 1 amide bonds. The zero-order valence-electron chi connectivity index (χ0n) is 11.6. The van der Waals surface area contributed by atoms with E-state index in [0.717, 1.165) is 11.3 Å². The number of benzene rings is 1. The molecule has 19 heavy (non-hydrogen) atoms. The number of thioether (sulfide) groups is 1. The first-order valence-electron chi connectivity index (χ1n) is 6.05. The van der Waals surface area contributed by atoms with Crippen molar-refractivity contribution in [1.82, 2.24) is 4.90 Å². The molecule has 3 nitrogen and oxygen atoms in total. The van der Waals surface area contributed by atoms with Crippen molar-refractivity contribution in [3.63, 3.8) is 0 Å². The van der Waals surface area contributed by atoms with E-state index in [1.54, 1.807) is 23.7 Å². The number of amides is 1. The molecular formula is C15H19NO2S. The highest BCUT2D eigenvalue weighted by Gasteiger charge is 2.14. The molecule has 0 unspecified atom stereocenters. The van der Waals surface area contributed by atoms with Crippen molar-refractivity contribution in [1.29, 1.82) is 0 Å². The minimum atomic E-state index is -0.205. The molecule has 0 aliphatic rings. The number of aryl methyl sites for hydroxylation is 1. The Hall–Kier alpha value is -1.44. The maximum absolute atomic E-state index is 12.4. The largest absolute Gasteiger partial charge is 0.384 e. The van der Waals surface area contributed by atoms with Gasteiger partial charge >= 0.3 is 0 Å². The lowest BCUT2D eigenvalue weighted by Gasteiger charge is -2.17. The topological polar surface area (TPSA) is 40.5 Å². The van der Waals surface area contributed by atoms with Gasteiger partial charge in [-0.2, -0.15) is 11.8 Å². The number of carbonyl (C=O) groups is 1. The highest BCUT2D eigenvalue weighted by Crippen LogP contribution is 2.13. The second-order valence-corrected chi connectivity index (χ2v) is 5.21. The Balaban J connectivity index is 3.03. The predicted molar refractivity (Wildman–Crippen MR) is 80.5 cm³/mol. The summed E-state index contributed by atoms with van der Waals surface area (Å²) in [4.78, 5) is 14.1. The third-order valence-electron chi connectivity index (χ3n) is 2.69. The molecule has 0 aliphatic carbocycles. The van der Waals surface area contributed by atoms with Crippen LogP contribution < -0.4 is 0 Å². The van der Waals surface area contributed by atoms with Crippen LogP contribution in [0.4, 0.5) is 0 Å². The van der Waals surface area contributed by atoms with Crippen LogP contribution in [-0.2, 0) is 0 Å². The summed E-state index contributed by atoms with van der Waals surface area (Å²) in [6.07, 6.45) is 2.02. The van der Waals surface area contributed by atoms with Gasteiger partial charge in [0.15, 0.2) is 0 Å². The Morgan fingerprint density at radius 3 is 2.84 bits per heavy atom. The van der Waals surface area contributed by atoms with Gasteiger partial charge in [-0.3, -0.25) is 4.79 Å². The molecule has 0 heterocycles. The highest BCUT2D eigenvalue weighted by atomic mass is 32.2. The molecule has 102 valence electrons. The second kappa shape index (κ2) is 7.88. The van der Waals surface area contributed by atoms with Crippen LogP contribution in [0, 0.1) is 18.8 Å². The summed E-state index contributed by atoms with van der Waals surface area (Å²) in [6, 6.07) is 5.59. The van der Waals surface area contributed by atoms with E-state index in [0.29, 0.717) is 17.7 Å². The van der Waals surface area contributed by atoms with Crippen molar-refractivity contribution in [2.24, 2.45) is 0 Å². The van der Waals surface area contributed by atoms with Crippen molar-refractivity contribution < 1.29 is 9.90 Å². The van der Waals surface area contributed by atoms with Gasteiger partial charge in [-0.25, -0.2) is 0 Å². The average molecular weight is 277 g/mol. The molecule has 1 aromatic rings. The van der Waals surface area contributed by atoms with Crippen LogP contribution in [0.1, 0.15) is 21.5 Å². The maximum Gasteiger partial charge on any atom is 0.254 e. The summed E-state index contributed by atoms with van der Waals surface area (Å²) >= 11 is 1.71. The van der Waals surface area contributed by atoms with Gasteiger partial charge in [0.05, 0.1) is 5.56 Å². The number of carbonyl (C=O) groups excluding carboxylic acids is 1. The number of aliphatic hydroxyl groups is 1. The summed E-state index contributed by atoms with van der Waals surface area (Å²) < 4.78 is 0. The van der Waals surface area contributed by atoms with E-state index in [1.807, 2.05) is 31.4 Å². The van der Waals surface area contributed by atoms with Gasteiger partial charge in [0.25, 0.3) is 5.91 Å². The third-order valence-corrected chi connectivity index (χ3v) is 3.28. The first kappa shape index (κ1) is 15.6. The second-order valence-electron chi connectivity index (χ2n) is 4.23. The molecule has 0 saturated heterocycles. The van der Waals surface area contributed by atoms with E-state index in [1.165, 1.54) is 0 Å². The summed E-state index contributed by atoms with van der Waals surface area (Å²) in [5.74, 6) is 6.30. The van der Waals surface area contributed by atoms with Gasteiger partial charge in [0.1, 0.15) is 6.61 Å².